The number of aromatic nitrogens is 2. The SMILES string of the molecule is COCC(=O)Nc1cc(N2C(=S)N[C@H](c3ccccn3)[C@H]2c2cc(C)n(-c3ccccc3)c2C)ccc1OC. The molecule has 1 aliphatic rings. The van der Waals surface area contributed by atoms with Crippen molar-refractivity contribution in [2.24, 2.45) is 0 Å². The molecular formula is C30H31N5O3S. The van der Waals surface area contributed by atoms with Gasteiger partial charge in [0.05, 0.1) is 30.6 Å². The zero-order valence-electron chi connectivity index (χ0n) is 22.3. The van der Waals surface area contributed by atoms with E-state index in [1.165, 1.54) is 7.11 Å². The molecule has 0 radical (unpaired) electrons. The maximum absolute atomic E-state index is 12.4. The summed E-state index contributed by atoms with van der Waals surface area (Å²) in [7, 11) is 3.05. The van der Waals surface area contributed by atoms with Gasteiger partial charge in [0.2, 0.25) is 5.91 Å². The van der Waals surface area contributed by atoms with Crippen LogP contribution in [0.25, 0.3) is 5.69 Å². The predicted molar refractivity (Wildman–Crippen MR) is 157 cm³/mol. The number of carbonyl (C=O) groups excluding carboxylic acids is 1. The van der Waals surface area contributed by atoms with E-state index in [4.69, 9.17) is 21.7 Å². The number of rotatable bonds is 8. The molecule has 0 aliphatic carbocycles. The van der Waals surface area contributed by atoms with Crippen molar-refractivity contribution in [3.63, 3.8) is 0 Å². The number of para-hydroxylation sites is 1. The second kappa shape index (κ2) is 11.3. The third kappa shape index (κ3) is 5.10. The molecule has 3 heterocycles. The quantitative estimate of drug-likeness (QED) is 0.295. The van der Waals surface area contributed by atoms with Crippen molar-refractivity contribution in [3.05, 3.63) is 102 Å². The number of amides is 1. The Bertz CT molecular complexity index is 1490. The van der Waals surface area contributed by atoms with Gasteiger partial charge in [0.25, 0.3) is 0 Å². The Kier molecular flexibility index (Phi) is 7.63. The van der Waals surface area contributed by atoms with Crippen LogP contribution in [0.15, 0.2) is 79.0 Å². The first-order valence-electron chi connectivity index (χ1n) is 12.6. The highest BCUT2D eigenvalue weighted by molar-refractivity contribution is 7.80. The Hall–Kier alpha value is -4.21. The van der Waals surface area contributed by atoms with Crippen LogP contribution in [-0.4, -0.2) is 41.4 Å². The molecule has 1 fully saturated rings. The van der Waals surface area contributed by atoms with Crippen LogP contribution in [0.2, 0.25) is 0 Å². The number of pyridine rings is 1. The summed E-state index contributed by atoms with van der Waals surface area (Å²) >= 11 is 5.93. The number of hydrogen-bond donors (Lipinski definition) is 2. The number of ether oxygens (including phenoxy) is 2. The van der Waals surface area contributed by atoms with E-state index < -0.39 is 0 Å². The minimum Gasteiger partial charge on any atom is -0.495 e. The van der Waals surface area contributed by atoms with Gasteiger partial charge >= 0.3 is 0 Å². The number of carbonyl (C=O) groups is 1. The lowest BCUT2D eigenvalue weighted by atomic mass is 9.96. The van der Waals surface area contributed by atoms with Crippen molar-refractivity contribution >= 4 is 34.6 Å². The summed E-state index contributed by atoms with van der Waals surface area (Å²) in [6.07, 6.45) is 1.80. The fraction of sp³-hybridized carbons (Fsp3) is 0.233. The van der Waals surface area contributed by atoms with E-state index in [-0.39, 0.29) is 24.6 Å². The molecule has 2 atom stereocenters. The van der Waals surface area contributed by atoms with Gasteiger partial charge in [-0.15, -0.1) is 0 Å². The summed E-state index contributed by atoms with van der Waals surface area (Å²) in [5.41, 5.74) is 6.69. The van der Waals surface area contributed by atoms with Gasteiger partial charge in [-0.25, -0.2) is 0 Å². The number of methoxy groups -OCH3 is 2. The van der Waals surface area contributed by atoms with Gasteiger partial charge in [-0.3, -0.25) is 9.78 Å². The molecule has 9 heteroatoms. The number of benzene rings is 2. The van der Waals surface area contributed by atoms with Crippen LogP contribution in [-0.2, 0) is 9.53 Å². The predicted octanol–water partition coefficient (Wildman–Crippen LogP) is 5.26. The summed E-state index contributed by atoms with van der Waals surface area (Å²) in [4.78, 5) is 19.1. The first-order valence-corrected chi connectivity index (χ1v) is 13.1. The normalized spacial score (nSPS) is 16.7. The molecule has 4 aromatic rings. The molecule has 200 valence electrons. The minimum atomic E-state index is -0.274. The maximum atomic E-state index is 12.4. The van der Waals surface area contributed by atoms with Crippen molar-refractivity contribution in [1.82, 2.24) is 14.9 Å². The number of anilines is 2. The molecule has 2 aromatic heterocycles. The zero-order chi connectivity index (χ0) is 27.5. The number of nitrogens with one attached hydrogen (secondary N) is 2. The largest absolute Gasteiger partial charge is 0.495 e. The van der Waals surface area contributed by atoms with Gasteiger partial charge in [0.15, 0.2) is 5.11 Å². The lowest BCUT2D eigenvalue weighted by Gasteiger charge is -2.29. The fourth-order valence-electron chi connectivity index (χ4n) is 5.27. The average Bonchev–Trinajstić information content (AvgIpc) is 3.44. The molecule has 5 rings (SSSR count). The van der Waals surface area contributed by atoms with Crippen molar-refractivity contribution in [3.8, 4) is 11.4 Å². The van der Waals surface area contributed by atoms with E-state index in [1.54, 1.807) is 13.3 Å². The van der Waals surface area contributed by atoms with Crippen LogP contribution >= 0.6 is 12.2 Å². The Balaban J connectivity index is 1.64. The standard InChI is InChI=1S/C30H31N5O3S/c1-19-16-23(20(2)34(19)21-10-6-5-7-11-21)29-28(24-12-8-9-15-31-24)33-30(39)35(29)22-13-14-26(38-4)25(17-22)32-27(36)18-37-3/h5-17,28-29H,18H2,1-4H3,(H,32,36)(H,33,39)/t28-,29-/m1/s1. The molecule has 0 bridgehead atoms. The molecule has 39 heavy (non-hydrogen) atoms. The Morgan fingerprint density at radius 1 is 1.03 bits per heavy atom. The van der Waals surface area contributed by atoms with Gasteiger partial charge in [-0.2, -0.15) is 0 Å². The van der Waals surface area contributed by atoms with Gasteiger partial charge in [0, 0.05) is 36.1 Å². The molecule has 2 N–H and O–H groups in total. The maximum Gasteiger partial charge on any atom is 0.250 e. The van der Waals surface area contributed by atoms with Crippen LogP contribution in [0.5, 0.6) is 5.75 Å². The van der Waals surface area contributed by atoms with E-state index in [0.29, 0.717) is 16.5 Å². The Morgan fingerprint density at radius 2 is 1.79 bits per heavy atom. The van der Waals surface area contributed by atoms with E-state index >= 15 is 0 Å². The molecule has 0 spiro atoms. The first kappa shape index (κ1) is 26.4. The molecule has 0 unspecified atom stereocenters. The minimum absolute atomic E-state index is 0.0626. The van der Waals surface area contributed by atoms with Crippen molar-refractivity contribution in [1.29, 1.82) is 0 Å². The molecule has 8 nitrogen and oxygen atoms in total. The fourth-order valence-corrected chi connectivity index (χ4v) is 5.62. The molecule has 2 aromatic carbocycles. The summed E-state index contributed by atoms with van der Waals surface area (Å²) in [5.74, 6) is 0.269. The lowest BCUT2D eigenvalue weighted by Crippen LogP contribution is -2.29. The smallest absolute Gasteiger partial charge is 0.250 e. The molecule has 1 aliphatic heterocycles. The average molecular weight is 542 g/mol. The van der Waals surface area contributed by atoms with E-state index in [9.17, 15) is 4.79 Å². The van der Waals surface area contributed by atoms with Crippen molar-refractivity contribution in [2.75, 3.05) is 31.0 Å². The Morgan fingerprint density at radius 3 is 2.49 bits per heavy atom. The third-order valence-electron chi connectivity index (χ3n) is 6.91. The van der Waals surface area contributed by atoms with Crippen LogP contribution in [0.3, 0.4) is 0 Å². The molecule has 0 saturated carbocycles. The second-order valence-corrected chi connectivity index (χ2v) is 9.75. The first-order chi connectivity index (χ1) is 18.9. The van der Waals surface area contributed by atoms with Gasteiger partial charge in [-0.1, -0.05) is 24.3 Å². The summed E-state index contributed by atoms with van der Waals surface area (Å²) in [5, 5.41) is 6.98. The van der Waals surface area contributed by atoms with E-state index in [0.717, 1.165) is 34.0 Å². The Labute approximate surface area is 233 Å². The van der Waals surface area contributed by atoms with E-state index in [1.807, 2.05) is 54.6 Å². The number of aryl methyl sites for hydroxylation is 1. The van der Waals surface area contributed by atoms with Gasteiger partial charge in [0.1, 0.15) is 12.4 Å². The lowest BCUT2D eigenvalue weighted by molar-refractivity contribution is -0.119. The van der Waals surface area contributed by atoms with Gasteiger partial charge < -0.3 is 29.6 Å². The summed E-state index contributed by atoms with van der Waals surface area (Å²) in [6.45, 7) is 4.18. The van der Waals surface area contributed by atoms with Gasteiger partial charge in [-0.05, 0) is 80.2 Å². The van der Waals surface area contributed by atoms with Crippen LogP contribution in [0.4, 0.5) is 11.4 Å². The number of nitrogens with zero attached hydrogens (tertiary/aromatic N) is 3. The highest BCUT2D eigenvalue weighted by Gasteiger charge is 2.42. The monoisotopic (exact) mass is 541 g/mol. The topological polar surface area (TPSA) is 80.7 Å². The third-order valence-corrected chi connectivity index (χ3v) is 7.23. The van der Waals surface area contributed by atoms with Crippen LogP contribution in [0.1, 0.15) is 34.7 Å². The zero-order valence-corrected chi connectivity index (χ0v) is 23.2. The van der Waals surface area contributed by atoms with Crippen molar-refractivity contribution < 1.29 is 14.3 Å². The highest BCUT2D eigenvalue weighted by atomic mass is 32.1. The van der Waals surface area contributed by atoms with Crippen molar-refractivity contribution in [2.45, 2.75) is 25.9 Å². The second-order valence-electron chi connectivity index (χ2n) is 9.36. The summed E-state index contributed by atoms with van der Waals surface area (Å²) < 4.78 is 12.8. The molecular weight excluding hydrogens is 510 g/mol. The number of hydrogen-bond acceptors (Lipinski definition) is 5. The molecule has 1 amide bonds. The molecule has 1 saturated heterocycles. The van der Waals surface area contributed by atoms with Crippen LogP contribution < -0.4 is 20.3 Å². The summed E-state index contributed by atoms with van der Waals surface area (Å²) in [6, 6.07) is 23.7. The highest BCUT2D eigenvalue weighted by Crippen LogP contribution is 2.45. The van der Waals surface area contributed by atoms with E-state index in [2.05, 4.69) is 57.1 Å². The number of thiocarbonyl (C=S) groups is 1. The van der Waals surface area contributed by atoms with Crippen LogP contribution in [0, 0.1) is 13.8 Å².